The first kappa shape index (κ1) is 20.7. The van der Waals surface area contributed by atoms with Crippen LogP contribution in [0.3, 0.4) is 0 Å². The average molecular weight is 423 g/mol. The third-order valence-electron chi connectivity index (χ3n) is 5.90. The number of hydrogen-bond donors (Lipinski definition) is 0. The van der Waals surface area contributed by atoms with Gasteiger partial charge in [-0.1, -0.05) is 54.1 Å². The van der Waals surface area contributed by atoms with Crippen LogP contribution in [0.1, 0.15) is 37.1 Å². The van der Waals surface area contributed by atoms with E-state index in [0.717, 1.165) is 37.9 Å². The summed E-state index contributed by atoms with van der Waals surface area (Å²) >= 11 is 6.22. The van der Waals surface area contributed by atoms with Crippen LogP contribution in [0.15, 0.2) is 65.2 Å². The fourth-order valence-electron chi connectivity index (χ4n) is 4.07. The lowest BCUT2D eigenvalue weighted by molar-refractivity contribution is -0.132. The molecule has 0 saturated carbocycles. The highest BCUT2D eigenvalue weighted by atomic mass is 35.5. The molecule has 1 aliphatic heterocycles. The molecule has 4 rings (SSSR count). The summed E-state index contributed by atoms with van der Waals surface area (Å²) in [6, 6.07) is 18.2. The van der Waals surface area contributed by atoms with E-state index in [1.54, 1.807) is 6.20 Å². The smallest absolute Gasteiger partial charge is 0.223 e. The molecule has 30 heavy (non-hydrogen) atoms. The van der Waals surface area contributed by atoms with Crippen LogP contribution < -0.4 is 0 Å². The molecule has 3 aromatic rings. The Morgan fingerprint density at radius 3 is 2.53 bits per heavy atom. The zero-order valence-electron chi connectivity index (χ0n) is 17.1. The van der Waals surface area contributed by atoms with Gasteiger partial charge in [0.1, 0.15) is 0 Å². The number of nitrogens with zero attached hydrogens (tertiary/aromatic N) is 2. The van der Waals surface area contributed by atoms with E-state index in [-0.39, 0.29) is 5.91 Å². The number of benzene rings is 2. The molecule has 1 fully saturated rings. The molecule has 2 heterocycles. The molecule has 0 unspecified atom stereocenters. The molecule has 0 N–H and O–H groups in total. The molecular weight excluding hydrogens is 396 g/mol. The van der Waals surface area contributed by atoms with Crippen molar-refractivity contribution in [2.75, 3.05) is 13.1 Å². The lowest BCUT2D eigenvalue weighted by Crippen LogP contribution is -2.38. The van der Waals surface area contributed by atoms with E-state index < -0.39 is 0 Å². The van der Waals surface area contributed by atoms with Crippen molar-refractivity contribution < 1.29 is 9.21 Å². The number of aromatic nitrogens is 1. The number of rotatable bonds is 7. The third kappa shape index (κ3) is 5.31. The first-order chi connectivity index (χ1) is 14.7. The summed E-state index contributed by atoms with van der Waals surface area (Å²) < 4.78 is 5.81. The predicted molar refractivity (Wildman–Crippen MR) is 119 cm³/mol. The second-order valence-corrected chi connectivity index (χ2v) is 8.35. The largest absolute Gasteiger partial charge is 0.441 e. The minimum Gasteiger partial charge on any atom is -0.441 e. The second-order valence-electron chi connectivity index (χ2n) is 7.95. The summed E-state index contributed by atoms with van der Waals surface area (Å²) in [6.45, 7) is 1.71. The summed E-state index contributed by atoms with van der Waals surface area (Å²) in [7, 11) is 0. The van der Waals surface area contributed by atoms with Crippen molar-refractivity contribution in [1.29, 1.82) is 0 Å². The van der Waals surface area contributed by atoms with E-state index in [1.807, 2.05) is 29.2 Å². The number of likely N-dealkylation sites (tertiary alicyclic amines) is 1. The van der Waals surface area contributed by atoms with Gasteiger partial charge in [0.05, 0.1) is 11.2 Å². The molecule has 1 amide bonds. The molecule has 0 spiro atoms. The summed E-state index contributed by atoms with van der Waals surface area (Å²) in [5.74, 6) is 2.12. The monoisotopic (exact) mass is 422 g/mol. The van der Waals surface area contributed by atoms with E-state index in [0.29, 0.717) is 35.4 Å². The number of carbonyl (C=O) groups excluding carboxylic acids is 1. The van der Waals surface area contributed by atoms with Crippen LogP contribution in [-0.4, -0.2) is 28.9 Å². The van der Waals surface area contributed by atoms with Crippen molar-refractivity contribution in [3.05, 3.63) is 77.3 Å². The second kappa shape index (κ2) is 9.94. The van der Waals surface area contributed by atoms with Crippen molar-refractivity contribution in [2.45, 2.75) is 38.5 Å². The summed E-state index contributed by atoms with van der Waals surface area (Å²) in [6.07, 6.45) is 7.13. The molecule has 0 bridgehead atoms. The average Bonchev–Trinajstić information content (AvgIpc) is 3.26. The quantitative estimate of drug-likeness (QED) is 0.483. The number of amides is 1. The van der Waals surface area contributed by atoms with Crippen LogP contribution in [0.5, 0.6) is 0 Å². The zero-order valence-corrected chi connectivity index (χ0v) is 17.9. The molecule has 1 saturated heterocycles. The van der Waals surface area contributed by atoms with Crippen molar-refractivity contribution in [3.63, 3.8) is 0 Å². The number of halogens is 1. The zero-order chi connectivity index (χ0) is 20.8. The Bertz CT molecular complexity index is 962. The normalized spacial score (nSPS) is 14.8. The number of carbonyl (C=O) groups is 1. The Kier molecular flexibility index (Phi) is 6.85. The highest BCUT2D eigenvalue weighted by molar-refractivity contribution is 6.33. The van der Waals surface area contributed by atoms with E-state index in [1.165, 1.54) is 12.0 Å². The first-order valence-electron chi connectivity index (χ1n) is 10.7. The van der Waals surface area contributed by atoms with Gasteiger partial charge in [0.25, 0.3) is 0 Å². The van der Waals surface area contributed by atoms with Gasteiger partial charge in [0, 0.05) is 31.5 Å². The van der Waals surface area contributed by atoms with Crippen LogP contribution in [0.25, 0.3) is 11.3 Å². The topological polar surface area (TPSA) is 46.3 Å². The summed E-state index contributed by atoms with van der Waals surface area (Å²) in [5.41, 5.74) is 2.22. The number of piperidine rings is 1. The fraction of sp³-hybridized carbons (Fsp3) is 0.360. The van der Waals surface area contributed by atoms with Crippen molar-refractivity contribution >= 4 is 17.5 Å². The van der Waals surface area contributed by atoms with Crippen LogP contribution in [0, 0.1) is 5.92 Å². The van der Waals surface area contributed by atoms with Crippen LogP contribution in [0.4, 0.5) is 0 Å². The number of oxazole rings is 1. The molecule has 0 radical (unpaired) electrons. The Balaban J connectivity index is 1.21. The third-order valence-corrected chi connectivity index (χ3v) is 6.23. The van der Waals surface area contributed by atoms with Crippen molar-refractivity contribution in [1.82, 2.24) is 9.88 Å². The number of aryl methyl sites for hydroxylation is 2. The van der Waals surface area contributed by atoms with Gasteiger partial charge in [0.15, 0.2) is 11.7 Å². The molecule has 4 nitrogen and oxygen atoms in total. The highest BCUT2D eigenvalue weighted by Gasteiger charge is 2.23. The lowest BCUT2D eigenvalue weighted by Gasteiger charge is -2.32. The van der Waals surface area contributed by atoms with Crippen LogP contribution >= 0.6 is 11.6 Å². The summed E-state index contributed by atoms with van der Waals surface area (Å²) in [4.78, 5) is 18.9. The highest BCUT2D eigenvalue weighted by Crippen LogP contribution is 2.28. The Morgan fingerprint density at radius 2 is 1.77 bits per heavy atom. The molecule has 5 heteroatoms. The van der Waals surface area contributed by atoms with E-state index in [2.05, 4.69) is 35.3 Å². The van der Waals surface area contributed by atoms with Gasteiger partial charge < -0.3 is 9.32 Å². The summed E-state index contributed by atoms with van der Waals surface area (Å²) in [5, 5.41) is 0.631. The minimum atomic E-state index is 0.189. The van der Waals surface area contributed by atoms with Gasteiger partial charge in [0.2, 0.25) is 5.91 Å². The Morgan fingerprint density at radius 1 is 1.03 bits per heavy atom. The van der Waals surface area contributed by atoms with Crippen molar-refractivity contribution in [3.8, 4) is 11.3 Å². The minimum absolute atomic E-state index is 0.189. The van der Waals surface area contributed by atoms with E-state index in [4.69, 9.17) is 16.0 Å². The first-order valence-corrected chi connectivity index (χ1v) is 11.1. The molecule has 1 aliphatic rings. The van der Waals surface area contributed by atoms with Crippen LogP contribution in [0.2, 0.25) is 5.02 Å². The fourth-order valence-corrected chi connectivity index (χ4v) is 4.30. The molecule has 1 aromatic heterocycles. The van der Waals surface area contributed by atoms with Crippen LogP contribution in [-0.2, 0) is 17.6 Å². The van der Waals surface area contributed by atoms with Gasteiger partial charge >= 0.3 is 0 Å². The molecular formula is C25H27ClN2O2. The maximum Gasteiger partial charge on any atom is 0.223 e. The Labute approximate surface area is 182 Å². The van der Waals surface area contributed by atoms with Gasteiger partial charge in [-0.2, -0.15) is 0 Å². The number of hydrogen-bond acceptors (Lipinski definition) is 3. The van der Waals surface area contributed by atoms with Gasteiger partial charge in [-0.25, -0.2) is 4.98 Å². The van der Waals surface area contributed by atoms with Crippen molar-refractivity contribution in [2.24, 2.45) is 5.92 Å². The van der Waals surface area contributed by atoms with Gasteiger partial charge in [-0.15, -0.1) is 0 Å². The molecule has 0 aliphatic carbocycles. The van der Waals surface area contributed by atoms with Gasteiger partial charge in [-0.3, -0.25) is 4.79 Å². The standard InChI is InChI=1S/C25H27ClN2O2/c26-22-9-5-4-8-21(22)23-18-27-24(30-23)12-13-25(29)28-16-14-20(15-17-28)11-10-19-6-2-1-3-7-19/h1-9,18,20H,10-17H2. The predicted octanol–water partition coefficient (Wildman–Crippen LogP) is 5.80. The Hall–Kier alpha value is -2.59. The molecule has 156 valence electrons. The maximum atomic E-state index is 12.6. The SMILES string of the molecule is O=C(CCc1ncc(-c2ccccc2Cl)o1)N1CCC(CCc2ccccc2)CC1. The van der Waals surface area contributed by atoms with Gasteiger partial charge in [-0.05, 0) is 49.3 Å². The lowest BCUT2D eigenvalue weighted by atomic mass is 9.90. The van der Waals surface area contributed by atoms with E-state index >= 15 is 0 Å². The molecule has 2 aromatic carbocycles. The van der Waals surface area contributed by atoms with E-state index in [9.17, 15) is 4.79 Å². The molecule has 0 atom stereocenters. The maximum absolute atomic E-state index is 12.6.